The Morgan fingerprint density at radius 2 is 2.23 bits per heavy atom. The molecule has 3 rings (SSSR count). The number of anilines is 1. The van der Waals surface area contributed by atoms with Crippen molar-refractivity contribution in [2.75, 3.05) is 5.32 Å². The third-order valence-electron chi connectivity index (χ3n) is 4.32. The summed E-state index contributed by atoms with van der Waals surface area (Å²) in [6.07, 6.45) is 4.39. The number of carbonyl (C=O) groups is 2. The minimum Gasteiger partial charge on any atom is -0.365 e. The van der Waals surface area contributed by atoms with Gasteiger partial charge in [0.05, 0.1) is 15.3 Å². The Labute approximate surface area is 173 Å². The zero-order valence-electron chi connectivity index (χ0n) is 14.3. The summed E-state index contributed by atoms with van der Waals surface area (Å²) in [6.45, 7) is 2.19. The number of primary amides is 1. The highest BCUT2D eigenvalue weighted by atomic mass is 127. The number of nitrogens with zero attached hydrogens (tertiary/aromatic N) is 2. The van der Waals surface area contributed by atoms with Crippen LogP contribution in [-0.4, -0.2) is 26.7 Å². The van der Waals surface area contributed by atoms with Crippen LogP contribution in [0.2, 0.25) is 0 Å². The van der Waals surface area contributed by atoms with E-state index in [-0.39, 0.29) is 11.0 Å². The van der Waals surface area contributed by atoms with Crippen LogP contribution < -0.4 is 16.4 Å². The molecule has 1 aliphatic rings. The standard InChI is InChI=1S/C16H18IN5O2S2/c1-7-3-4-8-10(5-7)26-15(11(8)13(18)23)21-16(25)20-14(24)12-9(17)6-19-22(12)2/h6-7H,3-5H2,1-2H3,(H2,18,23)(H2,20,21,24,25)/t7-/m0/s1. The lowest BCUT2D eigenvalue weighted by molar-refractivity contribution is 0.0966. The van der Waals surface area contributed by atoms with Gasteiger partial charge in [0, 0.05) is 11.9 Å². The van der Waals surface area contributed by atoms with Crippen LogP contribution in [0.25, 0.3) is 0 Å². The normalized spacial score (nSPS) is 16.0. The number of aromatic nitrogens is 2. The summed E-state index contributed by atoms with van der Waals surface area (Å²) in [5, 5.41) is 10.4. The summed E-state index contributed by atoms with van der Waals surface area (Å²) in [4.78, 5) is 25.5. The quantitative estimate of drug-likeness (QED) is 0.441. The topological polar surface area (TPSA) is 102 Å². The van der Waals surface area contributed by atoms with E-state index in [0.29, 0.717) is 22.2 Å². The minimum absolute atomic E-state index is 0.126. The van der Waals surface area contributed by atoms with Gasteiger partial charge in [-0.1, -0.05) is 6.92 Å². The monoisotopic (exact) mass is 503 g/mol. The molecule has 4 N–H and O–H groups in total. The molecule has 0 radical (unpaired) electrons. The van der Waals surface area contributed by atoms with Gasteiger partial charge in [-0.2, -0.15) is 5.10 Å². The number of thiophene rings is 1. The van der Waals surface area contributed by atoms with Crippen molar-refractivity contribution in [3.05, 3.63) is 31.5 Å². The Morgan fingerprint density at radius 1 is 1.50 bits per heavy atom. The highest BCUT2D eigenvalue weighted by Crippen LogP contribution is 2.39. The molecule has 0 bridgehead atoms. The van der Waals surface area contributed by atoms with Gasteiger partial charge in [0.15, 0.2) is 5.11 Å². The van der Waals surface area contributed by atoms with Crippen LogP contribution in [0.15, 0.2) is 6.20 Å². The van der Waals surface area contributed by atoms with Crippen molar-refractivity contribution < 1.29 is 9.59 Å². The van der Waals surface area contributed by atoms with Crippen molar-refractivity contribution >= 4 is 68.1 Å². The van der Waals surface area contributed by atoms with Gasteiger partial charge in [-0.05, 0) is 65.6 Å². The van der Waals surface area contributed by atoms with E-state index in [1.807, 2.05) is 22.6 Å². The number of nitrogens with one attached hydrogen (secondary N) is 2. The third-order valence-corrected chi connectivity index (χ3v) is 6.48. The van der Waals surface area contributed by atoms with Crippen LogP contribution in [0, 0.1) is 9.49 Å². The van der Waals surface area contributed by atoms with Crippen LogP contribution >= 0.6 is 46.1 Å². The van der Waals surface area contributed by atoms with Gasteiger partial charge in [-0.3, -0.25) is 19.6 Å². The first-order valence-electron chi connectivity index (χ1n) is 8.02. The number of hydrogen-bond acceptors (Lipinski definition) is 5. The Kier molecular flexibility index (Phi) is 5.63. The van der Waals surface area contributed by atoms with Crippen molar-refractivity contribution in [3.8, 4) is 0 Å². The zero-order valence-corrected chi connectivity index (χ0v) is 18.0. The summed E-state index contributed by atoms with van der Waals surface area (Å²) in [5.41, 5.74) is 7.52. The molecule has 7 nitrogen and oxygen atoms in total. The number of hydrogen-bond donors (Lipinski definition) is 3. The van der Waals surface area contributed by atoms with E-state index in [2.05, 4.69) is 22.7 Å². The predicted octanol–water partition coefficient (Wildman–Crippen LogP) is 2.44. The number of halogens is 1. The smallest absolute Gasteiger partial charge is 0.276 e. The van der Waals surface area contributed by atoms with E-state index in [1.54, 1.807) is 13.2 Å². The van der Waals surface area contributed by atoms with E-state index in [0.717, 1.165) is 33.3 Å². The molecule has 0 saturated carbocycles. The van der Waals surface area contributed by atoms with Crippen molar-refractivity contribution in [1.82, 2.24) is 15.1 Å². The fraction of sp³-hybridized carbons (Fsp3) is 0.375. The molecular formula is C16H18IN5O2S2. The number of nitrogens with two attached hydrogens (primary N) is 1. The molecular weight excluding hydrogens is 485 g/mol. The second kappa shape index (κ2) is 7.61. The lowest BCUT2D eigenvalue weighted by atomic mass is 9.88. The van der Waals surface area contributed by atoms with Crippen molar-refractivity contribution in [2.24, 2.45) is 18.7 Å². The molecule has 0 saturated heterocycles. The van der Waals surface area contributed by atoms with Crippen LogP contribution in [-0.2, 0) is 19.9 Å². The van der Waals surface area contributed by atoms with E-state index in [4.69, 9.17) is 18.0 Å². The Morgan fingerprint density at radius 3 is 2.85 bits per heavy atom. The molecule has 138 valence electrons. The van der Waals surface area contributed by atoms with E-state index in [1.165, 1.54) is 16.0 Å². The molecule has 26 heavy (non-hydrogen) atoms. The second-order valence-corrected chi connectivity index (χ2v) is 8.97. The minimum atomic E-state index is -0.477. The molecule has 2 heterocycles. The summed E-state index contributed by atoms with van der Waals surface area (Å²) in [7, 11) is 1.69. The van der Waals surface area contributed by atoms with Crippen LogP contribution in [0.3, 0.4) is 0 Å². The highest BCUT2D eigenvalue weighted by molar-refractivity contribution is 14.1. The first-order valence-corrected chi connectivity index (χ1v) is 10.3. The molecule has 2 aromatic heterocycles. The SMILES string of the molecule is C[C@H]1CCc2c(sc(NC(=S)NC(=O)c3c(I)cnn3C)c2C(N)=O)C1. The molecule has 2 aromatic rings. The van der Waals surface area contributed by atoms with Gasteiger partial charge in [-0.25, -0.2) is 0 Å². The fourth-order valence-electron chi connectivity index (χ4n) is 3.06. The molecule has 2 amide bonds. The molecule has 10 heteroatoms. The molecule has 1 atom stereocenters. The summed E-state index contributed by atoms with van der Waals surface area (Å²) in [5.74, 6) is -0.259. The van der Waals surface area contributed by atoms with Gasteiger partial charge in [0.2, 0.25) is 0 Å². The maximum absolute atomic E-state index is 12.4. The van der Waals surface area contributed by atoms with Crippen molar-refractivity contribution in [3.63, 3.8) is 0 Å². The Bertz CT molecular complexity index is 885. The maximum atomic E-state index is 12.4. The lowest BCUT2D eigenvalue weighted by Gasteiger charge is -2.18. The molecule has 0 unspecified atom stereocenters. The summed E-state index contributed by atoms with van der Waals surface area (Å²) >= 11 is 8.79. The summed E-state index contributed by atoms with van der Waals surface area (Å²) < 4.78 is 2.21. The fourth-order valence-corrected chi connectivity index (χ4v) is 5.46. The predicted molar refractivity (Wildman–Crippen MR) is 114 cm³/mol. The first-order chi connectivity index (χ1) is 12.3. The van der Waals surface area contributed by atoms with E-state index < -0.39 is 5.91 Å². The molecule has 0 spiro atoms. The number of rotatable bonds is 3. The number of thiocarbonyl (C=S) groups is 1. The zero-order chi connectivity index (χ0) is 19.0. The largest absolute Gasteiger partial charge is 0.365 e. The average Bonchev–Trinajstić information content (AvgIpc) is 3.06. The van der Waals surface area contributed by atoms with Crippen molar-refractivity contribution in [2.45, 2.75) is 26.2 Å². The van der Waals surface area contributed by atoms with Crippen LogP contribution in [0.4, 0.5) is 5.00 Å². The Balaban J connectivity index is 1.79. The summed E-state index contributed by atoms with van der Waals surface area (Å²) in [6, 6.07) is 0. The van der Waals surface area contributed by atoms with Gasteiger partial charge in [0.25, 0.3) is 11.8 Å². The van der Waals surface area contributed by atoms with Gasteiger partial charge in [-0.15, -0.1) is 11.3 Å². The first kappa shape index (κ1) is 19.2. The lowest BCUT2D eigenvalue weighted by Crippen LogP contribution is -2.35. The van der Waals surface area contributed by atoms with Gasteiger partial charge < -0.3 is 11.1 Å². The van der Waals surface area contributed by atoms with E-state index >= 15 is 0 Å². The third kappa shape index (κ3) is 3.76. The second-order valence-electron chi connectivity index (χ2n) is 6.29. The maximum Gasteiger partial charge on any atom is 0.276 e. The van der Waals surface area contributed by atoms with E-state index in [9.17, 15) is 9.59 Å². The van der Waals surface area contributed by atoms with Crippen LogP contribution in [0.1, 0.15) is 44.6 Å². The number of amides is 2. The van der Waals surface area contributed by atoms with Gasteiger partial charge >= 0.3 is 0 Å². The molecule has 1 aliphatic carbocycles. The Hall–Kier alpha value is -1.53. The number of aryl methyl sites for hydroxylation is 1. The van der Waals surface area contributed by atoms with Crippen LogP contribution in [0.5, 0.6) is 0 Å². The highest BCUT2D eigenvalue weighted by Gasteiger charge is 2.27. The molecule has 0 aromatic carbocycles. The van der Waals surface area contributed by atoms with Gasteiger partial charge in [0.1, 0.15) is 10.7 Å². The molecule has 0 fully saturated rings. The number of carbonyl (C=O) groups excluding carboxylic acids is 2. The number of fused-ring (bicyclic) bond motifs is 1. The average molecular weight is 503 g/mol. The molecule has 0 aliphatic heterocycles. The van der Waals surface area contributed by atoms with Crippen molar-refractivity contribution in [1.29, 1.82) is 0 Å².